The molecule has 4 aliphatic carbocycles. The zero-order chi connectivity index (χ0) is 12.9. The van der Waals surface area contributed by atoms with Crippen LogP contribution in [0, 0.1) is 29.6 Å². The third kappa shape index (κ3) is 2.18. The molecular weight excluding hydrogens is 222 g/mol. The molecule has 4 saturated carbocycles. The van der Waals surface area contributed by atoms with Gasteiger partial charge in [-0.2, -0.15) is 0 Å². The molecule has 4 rings (SSSR count). The maximum atomic E-state index is 5.78. The Bertz CT molecular complexity index is 325. The highest BCUT2D eigenvalue weighted by Gasteiger charge is 2.49. The number of hydrazine groups is 1. The molecule has 0 unspecified atom stereocenters. The van der Waals surface area contributed by atoms with Gasteiger partial charge in [0.1, 0.15) is 5.84 Å². The molecule has 0 aliphatic heterocycles. The molecule has 0 heterocycles. The molecule has 0 saturated heterocycles. The third-order valence-corrected chi connectivity index (χ3v) is 5.15. The number of nitrogens with two attached hydrogens (primary N) is 1. The molecule has 4 fully saturated rings. The molecule has 18 heavy (non-hydrogen) atoms. The lowest BCUT2D eigenvalue weighted by atomic mass is 9.51. The molecule has 0 aromatic carbocycles. The summed E-state index contributed by atoms with van der Waals surface area (Å²) in [6.07, 6.45) is 7.18. The van der Waals surface area contributed by atoms with Crippen LogP contribution in [0.5, 0.6) is 0 Å². The van der Waals surface area contributed by atoms with E-state index in [1.54, 1.807) is 0 Å². The molecule has 3 nitrogen and oxygen atoms in total. The summed E-state index contributed by atoms with van der Waals surface area (Å²) in [6, 6.07) is 0. The van der Waals surface area contributed by atoms with Gasteiger partial charge in [-0.25, -0.2) is 5.84 Å². The minimum atomic E-state index is -0.0314. The van der Waals surface area contributed by atoms with Crippen LogP contribution < -0.4 is 11.3 Å². The van der Waals surface area contributed by atoms with Crippen molar-refractivity contribution >= 4 is 5.84 Å². The summed E-state index contributed by atoms with van der Waals surface area (Å²) in [4.78, 5) is 4.85. The van der Waals surface area contributed by atoms with E-state index in [1.807, 2.05) is 0 Å². The summed E-state index contributed by atoms with van der Waals surface area (Å²) in [7, 11) is 0. The van der Waals surface area contributed by atoms with E-state index < -0.39 is 0 Å². The van der Waals surface area contributed by atoms with Gasteiger partial charge in [0.05, 0.1) is 5.54 Å². The number of amidine groups is 1. The lowest BCUT2D eigenvalue weighted by Gasteiger charge is -2.54. The fraction of sp³-hybridized carbons (Fsp3) is 0.933. The smallest absolute Gasteiger partial charge is 0.115 e. The van der Waals surface area contributed by atoms with Crippen LogP contribution >= 0.6 is 0 Å². The number of hydrogen-bond acceptors (Lipinski definition) is 2. The lowest BCUT2D eigenvalue weighted by Crippen LogP contribution is -2.52. The van der Waals surface area contributed by atoms with Crippen molar-refractivity contribution in [2.75, 3.05) is 0 Å². The Morgan fingerprint density at radius 3 is 1.89 bits per heavy atom. The van der Waals surface area contributed by atoms with E-state index in [9.17, 15) is 0 Å². The predicted octanol–water partition coefficient (Wildman–Crippen LogP) is 2.72. The Balaban J connectivity index is 1.85. The molecule has 3 N–H and O–H groups in total. The van der Waals surface area contributed by atoms with Crippen LogP contribution in [0.2, 0.25) is 0 Å². The van der Waals surface area contributed by atoms with Gasteiger partial charge in [0, 0.05) is 5.92 Å². The zero-order valence-electron chi connectivity index (χ0n) is 11.9. The topological polar surface area (TPSA) is 50.4 Å². The number of rotatable bonds is 1. The van der Waals surface area contributed by atoms with Crippen molar-refractivity contribution in [3.63, 3.8) is 0 Å². The van der Waals surface area contributed by atoms with Gasteiger partial charge in [0.2, 0.25) is 0 Å². The highest BCUT2D eigenvalue weighted by Crippen LogP contribution is 2.56. The van der Waals surface area contributed by atoms with E-state index in [0.29, 0.717) is 5.92 Å². The maximum absolute atomic E-state index is 5.78. The van der Waals surface area contributed by atoms with Gasteiger partial charge in [-0.3, -0.25) is 4.99 Å². The second kappa shape index (κ2) is 4.22. The Labute approximate surface area is 111 Å². The third-order valence-electron chi connectivity index (χ3n) is 5.15. The largest absolute Gasteiger partial charge is 0.312 e. The second-order valence-electron chi connectivity index (χ2n) is 7.77. The Morgan fingerprint density at radius 2 is 1.50 bits per heavy atom. The van der Waals surface area contributed by atoms with Crippen molar-refractivity contribution in [3.8, 4) is 0 Å². The van der Waals surface area contributed by atoms with Crippen LogP contribution in [0.1, 0.15) is 52.9 Å². The summed E-state index contributed by atoms with van der Waals surface area (Å²) >= 11 is 0. The van der Waals surface area contributed by atoms with E-state index in [-0.39, 0.29) is 5.54 Å². The number of hydrogen-bond donors (Lipinski definition) is 2. The highest BCUT2D eigenvalue weighted by atomic mass is 15.3. The maximum Gasteiger partial charge on any atom is 0.115 e. The summed E-state index contributed by atoms with van der Waals surface area (Å²) < 4.78 is 0. The van der Waals surface area contributed by atoms with Crippen molar-refractivity contribution in [2.24, 2.45) is 40.4 Å². The van der Waals surface area contributed by atoms with Crippen LogP contribution in [-0.2, 0) is 0 Å². The van der Waals surface area contributed by atoms with Gasteiger partial charge in [-0.15, -0.1) is 0 Å². The SMILES string of the molecule is CC(C)(C)N=C(NN)C1C2CC3CC(C2)CC1C3. The minimum absolute atomic E-state index is 0.0314. The lowest BCUT2D eigenvalue weighted by molar-refractivity contribution is -0.00970. The van der Waals surface area contributed by atoms with E-state index in [4.69, 9.17) is 10.8 Å². The van der Waals surface area contributed by atoms with Crippen LogP contribution in [-0.4, -0.2) is 11.4 Å². The van der Waals surface area contributed by atoms with Gasteiger partial charge in [-0.1, -0.05) is 0 Å². The molecule has 0 atom stereocenters. The Hall–Kier alpha value is -0.570. The fourth-order valence-corrected chi connectivity index (χ4v) is 4.94. The first-order valence-corrected chi connectivity index (χ1v) is 7.52. The van der Waals surface area contributed by atoms with E-state index >= 15 is 0 Å². The number of nitrogens with one attached hydrogen (secondary N) is 1. The normalized spacial score (nSPS) is 43.3. The minimum Gasteiger partial charge on any atom is -0.312 e. The molecule has 3 heteroatoms. The first-order valence-electron chi connectivity index (χ1n) is 7.52. The zero-order valence-corrected chi connectivity index (χ0v) is 11.9. The molecular formula is C15H27N3. The fourth-order valence-electron chi connectivity index (χ4n) is 4.94. The van der Waals surface area contributed by atoms with Crippen LogP contribution in [0.25, 0.3) is 0 Å². The number of aliphatic imine (C=N–C) groups is 1. The molecule has 0 aromatic rings. The van der Waals surface area contributed by atoms with Crippen LogP contribution in [0.4, 0.5) is 0 Å². The number of nitrogens with zero attached hydrogens (tertiary/aromatic N) is 1. The van der Waals surface area contributed by atoms with Gasteiger partial charge >= 0.3 is 0 Å². The standard InChI is InChI=1S/C15H27N3/c1-15(2,3)17-14(18-16)13-11-5-9-4-10(7-11)8-12(13)6-9/h9-13H,4-8,16H2,1-3H3,(H,17,18). The average Bonchev–Trinajstić information content (AvgIpc) is 2.24. The second-order valence-corrected chi connectivity index (χ2v) is 7.77. The van der Waals surface area contributed by atoms with Gasteiger partial charge < -0.3 is 5.43 Å². The van der Waals surface area contributed by atoms with E-state index in [2.05, 4.69) is 26.2 Å². The molecule has 4 aliphatic rings. The van der Waals surface area contributed by atoms with Crippen LogP contribution in [0.15, 0.2) is 4.99 Å². The Morgan fingerprint density at radius 1 is 1.00 bits per heavy atom. The molecule has 0 amide bonds. The molecule has 0 spiro atoms. The van der Waals surface area contributed by atoms with Crippen molar-refractivity contribution in [1.82, 2.24) is 5.43 Å². The van der Waals surface area contributed by atoms with E-state index in [0.717, 1.165) is 29.5 Å². The van der Waals surface area contributed by atoms with Gasteiger partial charge in [0.15, 0.2) is 0 Å². The molecule has 0 radical (unpaired) electrons. The van der Waals surface area contributed by atoms with Crippen molar-refractivity contribution in [3.05, 3.63) is 0 Å². The van der Waals surface area contributed by atoms with Crippen molar-refractivity contribution in [1.29, 1.82) is 0 Å². The summed E-state index contributed by atoms with van der Waals surface area (Å²) in [5.41, 5.74) is 2.91. The predicted molar refractivity (Wildman–Crippen MR) is 75.0 cm³/mol. The summed E-state index contributed by atoms with van der Waals surface area (Å²) in [5, 5.41) is 0. The first-order chi connectivity index (χ1) is 8.46. The van der Waals surface area contributed by atoms with Crippen molar-refractivity contribution in [2.45, 2.75) is 58.4 Å². The monoisotopic (exact) mass is 249 g/mol. The highest BCUT2D eigenvalue weighted by molar-refractivity contribution is 5.85. The summed E-state index contributed by atoms with van der Waals surface area (Å²) in [5.74, 6) is 11.2. The van der Waals surface area contributed by atoms with E-state index in [1.165, 1.54) is 32.1 Å². The molecule has 0 aromatic heterocycles. The average molecular weight is 249 g/mol. The molecule has 4 bridgehead atoms. The quantitative estimate of drug-likeness (QED) is 0.325. The van der Waals surface area contributed by atoms with Gasteiger partial charge in [-0.05, 0) is 76.5 Å². The summed E-state index contributed by atoms with van der Waals surface area (Å²) in [6.45, 7) is 6.46. The molecule has 102 valence electrons. The Kier molecular flexibility index (Phi) is 2.92. The van der Waals surface area contributed by atoms with Gasteiger partial charge in [0.25, 0.3) is 0 Å². The van der Waals surface area contributed by atoms with Crippen molar-refractivity contribution < 1.29 is 0 Å². The van der Waals surface area contributed by atoms with Crippen LogP contribution in [0.3, 0.4) is 0 Å². The first kappa shape index (κ1) is 12.5.